The van der Waals surface area contributed by atoms with Gasteiger partial charge >= 0.3 is 0 Å². The number of imidazole rings is 1. The van der Waals surface area contributed by atoms with Crippen molar-refractivity contribution in [3.8, 4) is 0 Å². The molecular weight excluding hydrogens is 262 g/mol. The first kappa shape index (κ1) is 13.2. The summed E-state index contributed by atoms with van der Waals surface area (Å²) in [6.45, 7) is 4.57. The van der Waals surface area contributed by atoms with Crippen LogP contribution < -0.4 is 5.32 Å². The normalized spacial score (nSPS) is 24.9. The van der Waals surface area contributed by atoms with Crippen molar-refractivity contribution in [2.45, 2.75) is 38.3 Å². The number of likely N-dealkylation sites (tertiary alicyclic amines) is 1. The number of aromatic nitrogens is 3. The molecule has 0 bridgehead atoms. The van der Waals surface area contributed by atoms with Crippen molar-refractivity contribution in [3.63, 3.8) is 0 Å². The maximum absolute atomic E-state index is 4.60. The summed E-state index contributed by atoms with van der Waals surface area (Å²) >= 11 is 0. The van der Waals surface area contributed by atoms with Gasteiger partial charge in [-0.1, -0.05) is 0 Å². The van der Waals surface area contributed by atoms with Gasteiger partial charge in [0, 0.05) is 31.2 Å². The first-order valence-electron chi connectivity index (χ1n) is 8.13. The summed E-state index contributed by atoms with van der Waals surface area (Å²) in [5.74, 6) is 1.68. The monoisotopic (exact) mass is 285 g/mol. The third-order valence-corrected chi connectivity index (χ3v) is 4.97. The third kappa shape index (κ3) is 2.80. The van der Waals surface area contributed by atoms with Crippen LogP contribution in [0.1, 0.15) is 31.4 Å². The molecule has 2 aromatic heterocycles. The van der Waals surface area contributed by atoms with Crippen molar-refractivity contribution in [2.24, 2.45) is 5.92 Å². The minimum Gasteiger partial charge on any atom is -0.314 e. The van der Waals surface area contributed by atoms with E-state index in [0.717, 1.165) is 30.0 Å². The highest BCUT2D eigenvalue weighted by Crippen LogP contribution is 2.26. The zero-order chi connectivity index (χ0) is 14.1. The van der Waals surface area contributed by atoms with E-state index in [1.165, 1.54) is 45.3 Å². The molecule has 5 heteroatoms. The first-order valence-corrected chi connectivity index (χ1v) is 8.13. The molecule has 0 spiro atoms. The predicted molar refractivity (Wildman–Crippen MR) is 82.0 cm³/mol. The molecule has 2 aromatic rings. The van der Waals surface area contributed by atoms with Crippen LogP contribution in [0.5, 0.6) is 0 Å². The van der Waals surface area contributed by atoms with Crippen molar-refractivity contribution in [2.75, 3.05) is 19.6 Å². The number of rotatable bonds is 3. The van der Waals surface area contributed by atoms with E-state index >= 15 is 0 Å². The second-order valence-corrected chi connectivity index (χ2v) is 6.38. The van der Waals surface area contributed by atoms with Gasteiger partial charge in [0.25, 0.3) is 0 Å². The molecule has 112 valence electrons. The smallest absolute Gasteiger partial charge is 0.233 e. The van der Waals surface area contributed by atoms with Crippen LogP contribution in [0.15, 0.2) is 24.7 Å². The van der Waals surface area contributed by atoms with Crippen LogP contribution in [0.4, 0.5) is 0 Å². The lowest BCUT2D eigenvalue weighted by molar-refractivity contribution is 0.156. The van der Waals surface area contributed by atoms with Crippen LogP contribution in [0.3, 0.4) is 0 Å². The number of nitrogens with one attached hydrogen (secondary N) is 1. The van der Waals surface area contributed by atoms with Gasteiger partial charge in [0.2, 0.25) is 5.78 Å². The lowest BCUT2D eigenvalue weighted by atomic mass is 9.88. The molecule has 5 nitrogen and oxygen atoms in total. The quantitative estimate of drug-likeness (QED) is 0.932. The lowest BCUT2D eigenvalue weighted by Crippen LogP contribution is -2.40. The summed E-state index contributed by atoms with van der Waals surface area (Å²) in [5, 5.41) is 3.67. The average Bonchev–Trinajstić information content (AvgIpc) is 3.17. The average molecular weight is 285 g/mol. The van der Waals surface area contributed by atoms with E-state index < -0.39 is 0 Å². The maximum atomic E-state index is 4.60. The van der Waals surface area contributed by atoms with Crippen LogP contribution in [0, 0.1) is 5.92 Å². The van der Waals surface area contributed by atoms with Crippen LogP contribution in [-0.2, 0) is 6.54 Å². The van der Waals surface area contributed by atoms with E-state index in [1.807, 2.05) is 16.7 Å². The Kier molecular flexibility index (Phi) is 3.61. The van der Waals surface area contributed by atoms with E-state index in [-0.39, 0.29) is 0 Å². The fourth-order valence-corrected chi connectivity index (χ4v) is 3.81. The van der Waals surface area contributed by atoms with Crippen LogP contribution >= 0.6 is 0 Å². The number of nitrogens with zero attached hydrogens (tertiary/aromatic N) is 4. The molecule has 4 heterocycles. The van der Waals surface area contributed by atoms with Crippen molar-refractivity contribution in [3.05, 3.63) is 30.4 Å². The Balaban J connectivity index is 1.35. The summed E-state index contributed by atoms with van der Waals surface area (Å²) in [5.41, 5.74) is 1.13. The summed E-state index contributed by atoms with van der Waals surface area (Å²) in [6, 6.07) is 2.73. The third-order valence-electron chi connectivity index (χ3n) is 4.97. The Morgan fingerprint density at radius 3 is 2.90 bits per heavy atom. The number of hydrogen-bond donors (Lipinski definition) is 1. The molecule has 4 rings (SSSR count). The van der Waals surface area contributed by atoms with Gasteiger partial charge in [-0.3, -0.25) is 9.30 Å². The summed E-state index contributed by atoms with van der Waals surface area (Å²) in [7, 11) is 0. The Bertz CT molecular complexity index is 560. The molecule has 0 aromatic carbocycles. The Morgan fingerprint density at radius 1 is 1.24 bits per heavy atom. The zero-order valence-electron chi connectivity index (χ0n) is 12.4. The fourth-order valence-electron chi connectivity index (χ4n) is 3.81. The minimum absolute atomic E-state index is 0.784. The van der Waals surface area contributed by atoms with Gasteiger partial charge < -0.3 is 5.32 Å². The van der Waals surface area contributed by atoms with Gasteiger partial charge in [-0.15, -0.1) is 0 Å². The SMILES string of the molecule is c1cnc2nc(CN3CCC(C4CCCN4)CC3)cn2c1. The Morgan fingerprint density at radius 2 is 2.14 bits per heavy atom. The van der Waals surface area contributed by atoms with E-state index in [0.29, 0.717) is 0 Å². The summed E-state index contributed by atoms with van der Waals surface area (Å²) < 4.78 is 2.00. The number of hydrogen-bond acceptors (Lipinski definition) is 4. The van der Waals surface area contributed by atoms with E-state index in [2.05, 4.69) is 26.4 Å². The molecule has 0 aliphatic carbocycles. The molecular formula is C16H23N5. The molecule has 21 heavy (non-hydrogen) atoms. The zero-order valence-corrected chi connectivity index (χ0v) is 12.4. The van der Waals surface area contributed by atoms with Gasteiger partial charge in [-0.05, 0) is 57.3 Å². The van der Waals surface area contributed by atoms with E-state index in [9.17, 15) is 0 Å². The maximum Gasteiger partial charge on any atom is 0.233 e. The standard InChI is InChI=1S/C16H23N5/c1-3-15(17-6-1)13-4-9-20(10-5-13)11-14-12-21-8-2-7-18-16(21)19-14/h2,7-8,12-13,15,17H,1,3-6,9-11H2. The highest BCUT2D eigenvalue weighted by Gasteiger charge is 2.28. The molecule has 1 unspecified atom stereocenters. The molecule has 2 aliphatic rings. The van der Waals surface area contributed by atoms with Crippen molar-refractivity contribution < 1.29 is 0 Å². The first-order chi connectivity index (χ1) is 10.4. The molecule has 2 aliphatic heterocycles. The number of fused-ring (bicyclic) bond motifs is 1. The van der Waals surface area contributed by atoms with Gasteiger partial charge in [0.15, 0.2) is 0 Å². The van der Waals surface area contributed by atoms with Crippen molar-refractivity contribution >= 4 is 5.78 Å². The molecule has 0 amide bonds. The van der Waals surface area contributed by atoms with Gasteiger partial charge in [0.1, 0.15) is 0 Å². The summed E-state index contributed by atoms with van der Waals surface area (Å²) in [4.78, 5) is 11.4. The molecule has 2 saturated heterocycles. The number of piperidine rings is 1. The Hall–Kier alpha value is -1.46. The summed E-state index contributed by atoms with van der Waals surface area (Å²) in [6.07, 6.45) is 11.3. The van der Waals surface area contributed by atoms with Crippen molar-refractivity contribution in [1.29, 1.82) is 0 Å². The molecule has 0 saturated carbocycles. The highest BCUT2D eigenvalue weighted by atomic mass is 15.2. The fraction of sp³-hybridized carbons (Fsp3) is 0.625. The van der Waals surface area contributed by atoms with Gasteiger partial charge in [0.05, 0.1) is 5.69 Å². The second kappa shape index (κ2) is 5.73. The predicted octanol–water partition coefficient (Wildman–Crippen LogP) is 1.69. The molecule has 1 atom stereocenters. The minimum atomic E-state index is 0.784. The highest BCUT2D eigenvalue weighted by molar-refractivity contribution is 5.29. The van der Waals surface area contributed by atoms with E-state index in [4.69, 9.17) is 0 Å². The van der Waals surface area contributed by atoms with E-state index in [1.54, 1.807) is 6.20 Å². The molecule has 0 radical (unpaired) electrons. The molecule has 1 N–H and O–H groups in total. The largest absolute Gasteiger partial charge is 0.314 e. The van der Waals surface area contributed by atoms with Crippen LogP contribution in [-0.4, -0.2) is 44.9 Å². The molecule has 2 fully saturated rings. The van der Waals surface area contributed by atoms with Crippen LogP contribution in [0.25, 0.3) is 5.78 Å². The second-order valence-electron chi connectivity index (χ2n) is 6.38. The topological polar surface area (TPSA) is 45.5 Å². The lowest BCUT2D eigenvalue weighted by Gasteiger charge is -2.34. The van der Waals surface area contributed by atoms with Crippen molar-refractivity contribution in [1.82, 2.24) is 24.6 Å². The van der Waals surface area contributed by atoms with Crippen LogP contribution in [0.2, 0.25) is 0 Å². The van der Waals surface area contributed by atoms with Gasteiger partial charge in [-0.2, -0.15) is 0 Å². The van der Waals surface area contributed by atoms with Gasteiger partial charge in [-0.25, -0.2) is 9.97 Å². The Labute approximate surface area is 125 Å².